The summed E-state index contributed by atoms with van der Waals surface area (Å²) in [4.78, 5) is 27.1. The summed E-state index contributed by atoms with van der Waals surface area (Å²) in [7, 11) is 0. The molecule has 0 aromatic heterocycles. The Hall–Kier alpha value is -2.12. The molecule has 0 bridgehead atoms. The smallest absolute Gasteiger partial charge is 0.407 e. The first-order valence-electron chi connectivity index (χ1n) is 11.0. The zero-order chi connectivity index (χ0) is 22.1. The van der Waals surface area contributed by atoms with E-state index in [2.05, 4.69) is 29.7 Å². The van der Waals surface area contributed by atoms with Crippen LogP contribution in [0.5, 0.6) is 0 Å². The summed E-state index contributed by atoms with van der Waals surface area (Å²) in [6.45, 7) is 9.84. The van der Waals surface area contributed by atoms with Crippen LogP contribution in [0.4, 0.5) is 4.79 Å². The Morgan fingerprint density at radius 1 is 1.33 bits per heavy atom. The third-order valence-electron chi connectivity index (χ3n) is 5.38. The number of benzene rings is 1. The van der Waals surface area contributed by atoms with Crippen LogP contribution >= 0.6 is 0 Å². The molecule has 1 saturated heterocycles. The molecule has 1 heterocycles. The number of alkyl carbamates (subject to hydrolysis) is 1. The maximum atomic E-state index is 13.3. The van der Waals surface area contributed by atoms with Gasteiger partial charge in [0.05, 0.1) is 6.04 Å². The number of ether oxygens (including phenoxy) is 1. The molecule has 7 nitrogen and oxygen atoms in total. The van der Waals surface area contributed by atoms with Gasteiger partial charge in [0, 0.05) is 38.1 Å². The molecule has 2 amide bonds. The van der Waals surface area contributed by atoms with Gasteiger partial charge in [-0.25, -0.2) is 4.79 Å². The molecule has 0 spiro atoms. The molecule has 0 saturated carbocycles. The van der Waals surface area contributed by atoms with E-state index in [9.17, 15) is 9.59 Å². The van der Waals surface area contributed by atoms with Crippen molar-refractivity contribution in [3.05, 3.63) is 35.9 Å². The van der Waals surface area contributed by atoms with E-state index in [1.807, 2.05) is 43.9 Å². The van der Waals surface area contributed by atoms with E-state index < -0.39 is 11.7 Å². The lowest BCUT2D eigenvalue weighted by atomic mass is 9.95. The molecule has 3 atom stereocenters. The summed E-state index contributed by atoms with van der Waals surface area (Å²) in [5, 5.41) is 6.14. The molecule has 0 radical (unpaired) electrons. The predicted octanol–water partition coefficient (Wildman–Crippen LogP) is 2.61. The molecule has 0 aliphatic carbocycles. The van der Waals surface area contributed by atoms with Gasteiger partial charge < -0.3 is 26.0 Å². The number of hydrogen-bond donors (Lipinski definition) is 3. The standard InChI is InChI=1S/C23H38N4O3/c1-5-17(18-9-7-6-8-10-18)16-27-14-12-19(15-24)26-20(21(27)28)11-13-25-22(29)30-23(2,3)4/h6-10,17,19-20,26H,5,11-16,24H2,1-4H3,(H,25,29)/t17-,19+,20+/m1/s1. The molecular formula is C23H38N4O3. The maximum Gasteiger partial charge on any atom is 0.407 e. The average Bonchev–Trinajstić information content (AvgIpc) is 2.84. The van der Waals surface area contributed by atoms with Gasteiger partial charge >= 0.3 is 6.09 Å². The monoisotopic (exact) mass is 418 g/mol. The van der Waals surface area contributed by atoms with E-state index in [1.165, 1.54) is 5.56 Å². The molecule has 1 fully saturated rings. The fourth-order valence-electron chi connectivity index (χ4n) is 3.75. The van der Waals surface area contributed by atoms with Crippen LogP contribution in [-0.2, 0) is 9.53 Å². The van der Waals surface area contributed by atoms with Crippen LogP contribution < -0.4 is 16.4 Å². The van der Waals surface area contributed by atoms with Gasteiger partial charge in [-0.05, 0) is 45.6 Å². The van der Waals surface area contributed by atoms with Crippen LogP contribution in [-0.4, -0.2) is 60.8 Å². The molecule has 1 aliphatic heterocycles. The highest BCUT2D eigenvalue weighted by molar-refractivity contribution is 5.82. The van der Waals surface area contributed by atoms with Crippen LogP contribution in [0.25, 0.3) is 0 Å². The first kappa shape index (κ1) is 24.2. The highest BCUT2D eigenvalue weighted by Crippen LogP contribution is 2.22. The number of nitrogens with one attached hydrogen (secondary N) is 2. The minimum Gasteiger partial charge on any atom is -0.444 e. The normalized spacial score (nSPS) is 21.1. The molecule has 2 rings (SSSR count). The first-order valence-corrected chi connectivity index (χ1v) is 11.0. The van der Waals surface area contributed by atoms with Crippen molar-refractivity contribution in [3.8, 4) is 0 Å². The van der Waals surface area contributed by atoms with Crippen molar-refractivity contribution in [1.29, 1.82) is 0 Å². The summed E-state index contributed by atoms with van der Waals surface area (Å²) in [6.07, 6.45) is 1.81. The lowest BCUT2D eigenvalue weighted by Gasteiger charge is -2.28. The van der Waals surface area contributed by atoms with Gasteiger partial charge in [0.2, 0.25) is 5.91 Å². The van der Waals surface area contributed by atoms with Gasteiger partial charge in [0.15, 0.2) is 0 Å². The van der Waals surface area contributed by atoms with Gasteiger partial charge in [0.1, 0.15) is 5.60 Å². The van der Waals surface area contributed by atoms with Crippen molar-refractivity contribution >= 4 is 12.0 Å². The lowest BCUT2D eigenvalue weighted by molar-refractivity contribution is -0.133. The summed E-state index contributed by atoms with van der Waals surface area (Å²) >= 11 is 0. The van der Waals surface area contributed by atoms with E-state index in [1.54, 1.807) is 0 Å². The van der Waals surface area contributed by atoms with Gasteiger partial charge in [-0.2, -0.15) is 0 Å². The van der Waals surface area contributed by atoms with Crippen LogP contribution in [0.1, 0.15) is 58.4 Å². The van der Waals surface area contributed by atoms with Gasteiger partial charge in [-0.15, -0.1) is 0 Å². The SMILES string of the molecule is CC[C@H](CN1CC[C@@H](CN)N[C@@H](CCNC(=O)OC(C)(C)C)C1=O)c1ccccc1. The number of hydrogen-bond acceptors (Lipinski definition) is 5. The van der Waals surface area contributed by atoms with E-state index >= 15 is 0 Å². The summed E-state index contributed by atoms with van der Waals surface area (Å²) in [5.41, 5.74) is 6.61. The summed E-state index contributed by atoms with van der Waals surface area (Å²) in [5.74, 6) is 0.372. The average molecular weight is 419 g/mol. The highest BCUT2D eigenvalue weighted by atomic mass is 16.6. The largest absolute Gasteiger partial charge is 0.444 e. The van der Waals surface area contributed by atoms with Crippen LogP contribution in [0.15, 0.2) is 30.3 Å². The number of nitrogens with zero attached hydrogens (tertiary/aromatic N) is 1. The minimum absolute atomic E-state index is 0.0753. The second kappa shape index (κ2) is 11.3. The Labute approximate surface area is 180 Å². The van der Waals surface area contributed by atoms with Crippen molar-refractivity contribution in [2.45, 2.75) is 70.6 Å². The fraction of sp³-hybridized carbons (Fsp3) is 0.652. The number of carbonyl (C=O) groups excluding carboxylic acids is 2. The number of nitrogens with two attached hydrogens (primary N) is 1. The zero-order valence-electron chi connectivity index (χ0n) is 18.8. The van der Waals surface area contributed by atoms with Gasteiger partial charge in [0.25, 0.3) is 0 Å². The number of rotatable bonds is 8. The van der Waals surface area contributed by atoms with E-state index in [0.29, 0.717) is 38.5 Å². The van der Waals surface area contributed by atoms with E-state index in [-0.39, 0.29) is 18.0 Å². The maximum absolute atomic E-state index is 13.3. The second-order valence-electron chi connectivity index (χ2n) is 8.96. The van der Waals surface area contributed by atoms with Crippen LogP contribution in [0.3, 0.4) is 0 Å². The van der Waals surface area contributed by atoms with Crippen molar-refractivity contribution in [2.24, 2.45) is 5.73 Å². The molecule has 7 heteroatoms. The van der Waals surface area contributed by atoms with Crippen molar-refractivity contribution in [3.63, 3.8) is 0 Å². The molecule has 1 aliphatic rings. The molecule has 4 N–H and O–H groups in total. The number of carbonyl (C=O) groups is 2. The van der Waals surface area contributed by atoms with Crippen molar-refractivity contribution in [1.82, 2.24) is 15.5 Å². The molecule has 0 unspecified atom stereocenters. The molecule has 1 aromatic carbocycles. The van der Waals surface area contributed by atoms with Crippen LogP contribution in [0.2, 0.25) is 0 Å². The zero-order valence-corrected chi connectivity index (χ0v) is 18.8. The lowest BCUT2D eigenvalue weighted by Crippen LogP contribution is -2.49. The third-order valence-corrected chi connectivity index (χ3v) is 5.38. The Kier molecular flexibility index (Phi) is 9.11. The Bertz CT molecular complexity index is 675. The fourth-order valence-corrected chi connectivity index (χ4v) is 3.75. The van der Waals surface area contributed by atoms with Crippen LogP contribution in [0, 0.1) is 0 Å². The molecular weight excluding hydrogens is 380 g/mol. The third kappa shape index (κ3) is 7.61. The highest BCUT2D eigenvalue weighted by Gasteiger charge is 2.31. The second-order valence-corrected chi connectivity index (χ2v) is 8.96. The van der Waals surface area contributed by atoms with Crippen molar-refractivity contribution < 1.29 is 14.3 Å². The van der Waals surface area contributed by atoms with Crippen molar-refractivity contribution in [2.75, 3.05) is 26.2 Å². The minimum atomic E-state index is -0.547. The Morgan fingerprint density at radius 3 is 2.63 bits per heavy atom. The molecule has 168 valence electrons. The topological polar surface area (TPSA) is 96.7 Å². The van der Waals surface area contributed by atoms with E-state index in [4.69, 9.17) is 10.5 Å². The Morgan fingerprint density at radius 2 is 2.03 bits per heavy atom. The summed E-state index contributed by atoms with van der Waals surface area (Å²) < 4.78 is 5.27. The Balaban J connectivity index is 2.00. The summed E-state index contributed by atoms with van der Waals surface area (Å²) in [6, 6.07) is 10.1. The molecule has 1 aromatic rings. The molecule has 30 heavy (non-hydrogen) atoms. The van der Waals surface area contributed by atoms with Gasteiger partial charge in [-0.1, -0.05) is 37.3 Å². The first-order chi connectivity index (χ1) is 14.2. The quantitative estimate of drug-likeness (QED) is 0.603. The van der Waals surface area contributed by atoms with Gasteiger partial charge in [-0.3, -0.25) is 4.79 Å². The number of amides is 2. The van der Waals surface area contributed by atoms with E-state index in [0.717, 1.165) is 12.8 Å². The predicted molar refractivity (Wildman–Crippen MR) is 119 cm³/mol.